The normalized spacial score (nSPS) is 11.1. The van der Waals surface area contributed by atoms with Gasteiger partial charge in [-0.05, 0) is 18.1 Å². The van der Waals surface area contributed by atoms with Gasteiger partial charge in [0.05, 0.1) is 17.8 Å². The zero-order valence-electron chi connectivity index (χ0n) is 9.82. The fraction of sp³-hybridized carbons (Fsp3) is 0.583. The van der Waals surface area contributed by atoms with E-state index in [1.54, 1.807) is 0 Å². The van der Waals surface area contributed by atoms with E-state index in [-0.39, 0.29) is 11.7 Å². The fourth-order valence-electron chi connectivity index (χ4n) is 1.16. The van der Waals surface area contributed by atoms with Gasteiger partial charge in [0, 0.05) is 5.92 Å². The Kier molecular flexibility index (Phi) is 3.95. The van der Waals surface area contributed by atoms with Crippen molar-refractivity contribution < 1.29 is 4.79 Å². The zero-order valence-corrected chi connectivity index (χ0v) is 9.82. The van der Waals surface area contributed by atoms with Crippen LogP contribution in [0.3, 0.4) is 0 Å². The summed E-state index contributed by atoms with van der Waals surface area (Å²) < 4.78 is 0. The van der Waals surface area contributed by atoms with Gasteiger partial charge in [0.2, 0.25) is 0 Å². The van der Waals surface area contributed by atoms with Crippen LogP contribution in [-0.2, 0) is 11.2 Å². The molecule has 15 heavy (non-hydrogen) atoms. The first kappa shape index (κ1) is 11.8. The van der Waals surface area contributed by atoms with Gasteiger partial charge in [-0.25, -0.2) is 0 Å². The summed E-state index contributed by atoms with van der Waals surface area (Å²) in [6, 6.07) is 3.84. The molecule has 0 unspecified atom stereocenters. The van der Waals surface area contributed by atoms with E-state index in [2.05, 4.69) is 24.0 Å². The summed E-state index contributed by atoms with van der Waals surface area (Å²) in [5.74, 6) is 0.658. The first-order valence-electron chi connectivity index (χ1n) is 5.36. The van der Waals surface area contributed by atoms with Gasteiger partial charge in [0.1, 0.15) is 5.78 Å². The Bertz CT molecular complexity index is 328. The first-order valence-corrected chi connectivity index (χ1v) is 5.36. The summed E-state index contributed by atoms with van der Waals surface area (Å²) in [5, 5.41) is 8.14. The minimum atomic E-state index is 0.0663. The molecule has 3 nitrogen and oxygen atoms in total. The standard InChI is InChI=1S/C12H18N2O/c1-8(2)11-6-5-10(13-14-11)7-12(15)9(3)4/h5-6,8-9H,7H2,1-4H3. The van der Waals surface area contributed by atoms with Crippen LogP contribution in [0.2, 0.25) is 0 Å². The molecule has 0 aliphatic carbocycles. The quantitative estimate of drug-likeness (QED) is 0.759. The number of carbonyl (C=O) groups is 1. The van der Waals surface area contributed by atoms with Crippen molar-refractivity contribution in [3.05, 3.63) is 23.5 Å². The molecule has 0 atom stereocenters. The van der Waals surface area contributed by atoms with Gasteiger partial charge >= 0.3 is 0 Å². The number of hydrogen-bond donors (Lipinski definition) is 0. The van der Waals surface area contributed by atoms with Crippen molar-refractivity contribution in [2.24, 2.45) is 5.92 Å². The molecular weight excluding hydrogens is 188 g/mol. The molecule has 0 aliphatic heterocycles. The molecule has 0 bridgehead atoms. The van der Waals surface area contributed by atoms with Crippen LogP contribution in [0.5, 0.6) is 0 Å². The Balaban J connectivity index is 2.69. The zero-order chi connectivity index (χ0) is 11.4. The molecule has 0 aromatic carbocycles. The highest BCUT2D eigenvalue weighted by Gasteiger charge is 2.10. The lowest BCUT2D eigenvalue weighted by Gasteiger charge is -2.05. The van der Waals surface area contributed by atoms with E-state index in [9.17, 15) is 4.79 Å². The third-order valence-corrected chi connectivity index (χ3v) is 2.33. The van der Waals surface area contributed by atoms with Gasteiger partial charge in [-0.3, -0.25) is 4.79 Å². The van der Waals surface area contributed by atoms with Gasteiger partial charge < -0.3 is 0 Å². The van der Waals surface area contributed by atoms with Crippen LogP contribution >= 0.6 is 0 Å². The second-order valence-electron chi connectivity index (χ2n) is 4.40. The highest BCUT2D eigenvalue weighted by Crippen LogP contribution is 2.10. The lowest BCUT2D eigenvalue weighted by atomic mass is 10.0. The number of rotatable bonds is 4. The van der Waals surface area contributed by atoms with Crippen molar-refractivity contribution in [1.82, 2.24) is 10.2 Å². The van der Waals surface area contributed by atoms with Crippen molar-refractivity contribution in [3.8, 4) is 0 Å². The van der Waals surface area contributed by atoms with Gasteiger partial charge in [-0.1, -0.05) is 27.7 Å². The summed E-state index contributed by atoms with van der Waals surface area (Å²) in [4.78, 5) is 11.5. The Morgan fingerprint density at radius 3 is 2.27 bits per heavy atom. The Labute approximate surface area is 90.9 Å². The van der Waals surface area contributed by atoms with Crippen LogP contribution < -0.4 is 0 Å². The summed E-state index contributed by atoms with van der Waals surface area (Å²) in [5.41, 5.74) is 1.73. The van der Waals surface area contributed by atoms with Crippen molar-refractivity contribution in [1.29, 1.82) is 0 Å². The van der Waals surface area contributed by atoms with Crippen molar-refractivity contribution in [2.45, 2.75) is 40.0 Å². The molecule has 0 aliphatic rings. The van der Waals surface area contributed by atoms with E-state index in [4.69, 9.17) is 0 Å². The summed E-state index contributed by atoms with van der Waals surface area (Å²) in [6.07, 6.45) is 0.392. The highest BCUT2D eigenvalue weighted by molar-refractivity contribution is 5.82. The molecule has 0 saturated carbocycles. The van der Waals surface area contributed by atoms with Gasteiger partial charge in [0.25, 0.3) is 0 Å². The summed E-state index contributed by atoms with van der Waals surface area (Å²) in [6.45, 7) is 7.95. The van der Waals surface area contributed by atoms with E-state index in [1.807, 2.05) is 26.0 Å². The largest absolute Gasteiger partial charge is 0.299 e. The maximum absolute atomic E-state index is 11.5. The number of Topliss-reactive ketones (excluding diaryl/α,β-unsaturated/α-hetero) is 1. The lowest BCUT2D eigenvalue weighted by molar-refractivity contribution is -0.121. The Hall–Kier alpha value is -1.25. The molecule has 0 N–H and O–H groups in total. The van der Waals surface area contributed by atoms with Crippen molar-refractivity contribution in [3.63, 3.8) is 0 Å². The number of carbonyl (C=O) groups excluding carboxylic acids is 1. The van der Waals surface area contributed by atoms with Crippen LogP contribution in [0.15, 0.2) is 12.1 Å². The molecule has 0 saturated heterocycles. The monoisotopic (exact) mass is 206 g/mol. The molecular formula is C12H18N2O. The van der Waals surface area contributed by atoms with E-state index >= 15 is 0 Å². The third kappa shape index (κ3) is 3.42. The Morgan fingerprint density at radius 2 is 1.87 bits per heavy atom. The molecule has 1 aromatic rings. The molecule has 0 fully saturated rings. The SMILES string of the molecule is CC(C)C(=O)Cc1ccc(C(C)C)nn1. The fourth-order valence-corrected chi connectivity index (χ4v) is 1.16. The molecule has 0 amide bonds. The van der Waals surface area contributed by atoms with Crippen LogP contribution in [0, 0.1) is 5.92 Å². The number of ketones is 1. The average molecular weight is 206 g/mol. The van der Waals surface area contributed by atoms with E-state index in [1.165, 1.54) is 0 Å². The van der Waals surface area contributed by atoms with Gasteiger partial charge in [-0.15, -0.1) is 0 Å². The molecule has 1 aromatic heterocycles. The topological polar surface area (TPSA) is 42.9 Å². The van der Waals surface area contributed by atoms with Crippen molar-refractivity contribution in [2.75, 3.05) is 0 Å². The smallest absolute Gasteiger partial charge is 0.141 e. The van der Waals surface area contributed by atoms with E-state index in [0.29, 0.717) is 12.3 Å². The molecule has 0 spiro atoms. The van der Waals surface area contributed by atoms with Gasteiger partial charge in [0.15, 0.2) is 0 Å². The third-order valence-electron chi connectivity index (χ3n) is 2.33. The minimum absolute atomic E-state index is 0.0663. The lowest BCUT2D eigenvalue weighted by Crippen LogP contribution is -2.12. The average Bonchev–Trinajstić information content (AvgIpc) is 2.18. The molecule has 0 radical (unpaired) electrons. The number of aromatic nitrogens is 2. The number of hydrogen-bond acceptors (Lipinski definition) is 3. The highest BCUT2D eigenvalue weighted by atomic mass is 16.1. The second-order valence-corrected chi connectivity index (χ2v) is 4.40. The minimum Gasteiger partial charge on any atom is -0.299 e. The Morgan fingerprint density at radius 1 is 1.20 bits per heavy atom. The maximum Gasteiger partial charge on any atom is 0.141 e. The van der Waals surface area contributed by atoms with Crippen molar-refractivity contribution >= 4 is 5.78 Å². The van der Waals surface area contributed by atoms with Crippen LogP contribution in [0.4, 0.5) is 0 Å². The predicted molar refractivity (Wildman–Crippen MR) is 59.7 cm³/mol. The van der Waals surface area contributed by atoms with Gasteiger partial charge in [-0.2, -0.15) is 10.2 Å². The second kappa shape index (κ2) is 5.01. The molecule has 82 valence electrons. The summed E-state index contributed by atoms with van der Waals surface area (Å²) in [7, 11) is 0. The molecule has 3 heteroatoms. The summed E-state index contributed by atoms with van der Waals surface area (Å²) >= 11 is 0. The van der Waals surface area contributed by atoms with E-state index in [0.717, 1.165) is 11.4 Å². The molecule has 1 rings (SSSR count). The van der Waals surface area contributed by atoms with Crippen LogP contribution in [-0.4, -0.2) is 16.0 Å². The predicted octanol–water partition coefficient (Wildman–Crippen LogP) is 2.37. The van der Waals surface area contributed by atoms with Crippen LogP contribution in [0.25, 0.3) is 0 Å². The van der Waals surface area contributed by atoms with Crippen LogP contribution in [0.1, 0.15) is 45.0 Å². The number of nitrogens with zero attached hydrogens (tertiary/aromatic N) is 2. The van der Waals surface area contributed by atoms with E-state index < -0.39 is 0 Å². The first-order chi connectivity index (χ1) is 7.00. The molecule has 1 heterocycles. The maximum atomic E-state index is 11.5.